The van der Waals surface area contributed by atoms with Gasteiger partial charge in [-0.15, -0.1) is 0 Å². The highest BCUT2D eigenvalue weighted by atomic mass is 32.2. The number of carbonyl (C=O) groups is 2. The van der Waals surface area contributed by atoms with Gasteiger partial charge in [0.15, 0.2) is 0 Å². The number of likely N-dealkylation sites (N-methyl/N-ethyl adjacent to an activating group) is 1. The smallest absolute Gasteiger partial charge is 0.242 e. The average molecular weight is 494 g/mol. The van der Waals surface area contributed by atoms with Crippen molar-refractivity contribution in [3.8, 4) is 0 Å². The number of nitrogens with one attached hydrogen (secondary N) is 1. The van der Waals surface area contributed by atoms with Crippen LogP contribution in [-0.2, 0) is 39.1 Å². The lowest BCUT2D eigenvalue weighted by atomic mass is 10.0. The van der Waals surface area contributed by atoms with Gasteiger partial charge in [-0.1, -0.05) is 91.0 Å². The molecule has 0 spiro atoms. The van der Waals surface area contributed by atoms with Gasteiger partial charge in [0.1, 0.15) is 6.04 Å². The van der Waals surface area contributed by atoms with E-state index in [9.17, 15) is 18.0 Å². The maximum atomic E-state index is 13.7. The van der Waals surface area contributed by atoms with Crippen LogP contribution in [0.2, 0.25) is 0 Å². The lowest BCUT2D eigenvalue weighted by Crippen LogP contribution is -2.52. The third-order valence-corrected chi connectivity index (χ3v) is 6.89. The molecule has 0 aromatic heterocycles. The van der Waals surface area contributed by atoms with Crippen molar-refractivity contribution in [2.24, 2.45) is 0 Å². The zero-order chi connectivity index (χ0) is 25.3. The molecule has 0 saturated heterocycles. The van der Waals surface area contributed by atoms with E-state index in [2.05, 4.69) is 5.32 Å². The first-order valence-corrected chi connectivity index (χ1v) is 13.2. The summed E-state index contributed by atoms with van der Waals surface area (Å²) in [5.74, 6) is -0.758. The van der Waals surface area contributed by atoms with Gasteiger partial charge < -0.3 is 10.2 Å². The molecule has 0 saturated carbocycles. The lowest BCUT2D eigenvalue weighted by Gasteiger charge is -2.32. The molecule has 3 rings (SSSR count). The summed E-state index contributed by atoms with van der Waals surface area (Å²) in [4.78, 5) is 28.2. The molecular weight excluding hydrogens is 462 g/mol. The highest BCUT2D eigenvalue weighted by Gasteiger charge is 2.32. The molecule has 0 bridgehead atoms. The van der Waals surface area contributed by atoms with Gasteiger partial charge in [0, 0.05) is 26.6 Å². The summed E-state index contributed by atoms with van der Waals surface area (Å²) in [6.45, 7) is -0.135. The Bertz CT molecular complexity index is 1200. The van der Waals surface area contributed by atoms with Crippen LogP contribution in [0.15, 0.2) is 91.0 Å². The number of amides is 2. The third-order valence-electron chi connectivity index (χ3n) is 5.70. The molecule has 1 unspecified atom stereocenters. The molecule has 0 fully saturated rings. The topological polar surface area (TPSA) is 86.8 Å². The van der Waals surface area contributed by atoms with Crippen LogP contribution in [0, 0.1) is 0 Å². The molecule has 2 amide bonds. The summed E-state index contributed by atoms with van der Waals surface area (Å²) in [7, 11) is -2.16. The van der Waals surface area contributed by atoms with Gasteiger partial charge in [0.25, 0.3) is 0 Å². The van der Waals surface area contributed by atoms with E-state index in [0.29, 0.717) is 6.42 Å². The van der Waals surface area contributed by atoms with Gasteiger partial charge >= 0.3 is 0 Å². The first kappa shape index (κ1) is 26.1. The van der Waals surface area contributed by atoms with E-state index < -0.39 is 22.0 Å². The molecule has 1 N–H and O–H groups in total. The van der Waals surface area contributed by atoms with E-state index in [1.165, 1.54) is 11.9 Å². The third kappa shape index (κ3) is 7.77. The Labute approximate surface area is 207 Å². The molecule has 184 valence electrons. The number of carbonyl (C=O) groups excluding carboxylic acids is 2. The van der Waals surface area contributed by atoms with Crippen LogP contribution in [0.3, 0.4) is 0 Å². The van der Waals surface area contributed by atoms with Crippen LogP contribution >= 0.6 is 0 Å². The van der Waals surface area contributed by atoms with Gasteiger partial charge in [-0.3, -0.25) is 9.59 Å². The normalized spacial score (nSPS) is 12.2. The second-order valence-corrected chi connectivity index (χ2v) is 10.3. The molecule has 35 heavy (non-hydrogen) atoms. The van der Waals surface area contributed by atoms with Gasteiger partial charge in [0.05, 0.1) is 12.8 Å². The van der Waals surface area contributed by atoms with Crippen molar-refractivity contribution in [1.29, 1.82) is 0 Å². The Morgan fingerprint density at radius 2 is 1.23 bits per heavy atom. The Kier molecular flexibility index (Phi) is 9.17. The molecule has 7 nitrogen and oxygen atoms in total. The van der Waals surface area contributed by atoms with Crippen LogP contribution in [-0.4, -0.2) is 55.3 Å². The Balaban J connectivity index is 1.94. The fourth-order valence-corrected chi connectivity index (χ4v) is 4.55. The standard InChI is InChI=1S/C27H31N3O4S/c1-28-27(32)25(18-22-12-6-3-7-13-22)30(20-24-16-10-5-11-17-24)26(31)21-29(35(2,33)34)19-23-14-8-4-9-15-23/h3-17,25H,18-21H2,1-2H3,(H,28,32). The summed E-state index contributed by atoms with van der Waals surface area (Å²) in [5, 5.41) is 2.67. The predicted molar refractivity (Wildman–Crippen MR) is 137 cm³/mol. The maximum absolute atomic E-state index is 13.7. The molecule has 0 heterocycles. The fraction of sp³-hybridized carbons (Fsp3) is 0.259. The summed E-state index contributed by atoms with van der Waals surface area (Å²) < 4.78 is 26.3. The number of benzene rings is 3. The van der Waals surface area contributed by atoms with Crippen LogP contribution in [0.1, 0.15) is 16.7 Å². The minimum Gasteiger partial charge on any atom is -0.357 e. The monoisotopic (exact) mass is 493 g/mol. The molecule has 0 radical (unpaired) electrons. The Hall–Kier alpha value is -3.49. The molecular formula is C27H31N3O4S. The van der Waals surface area contributed by atoms with E-state index in [1.807, 2.05) is 91.0 Å². The molecule has 8 heteroatoms. The van der Waals surface area contributed by atoms with Crippen molar-refractivity contribution >= 4 is 21.8 Å². The first-order valence-electron chi connectivity index (χ1n) is 11.4. The van der Waals surface area contributed by atoms with Gasteiger partial charge in [-0.25, -0.2) is 8.42 Å². The molecule has 3 aromatic rings. The SMILES string of the molecule is CNC(=O)C(Cc1ccccc1)N(Cc1ccccc1)C(=O)CN(Cc1ccccc1)S(C)(=O)=O. The van der Waals surface area contributed by atoms with Crippen molar-refractivity contribution in [1.82, 2.24) is 14.5 Å². The van der Waals surface area contributed by atoms with Crippen molar-refractivity contribution in [2.75, 3.05) is 19.8 Å². The highest BCUT2D eigenvalue weighted by Crippen LogP contribution is 2.17. The second kappa shape index (κ2) is 12.3. The van der Waals surface area contributed by atoms with Crippen molar-refractivity contribution in [2.45, 2.75) is 25.6 Å². The number of rotatable bonds is 11. The minimum absolute atomic E-state index is 0.0634. The van der Waals surface area contributed by atoms with E-state index in [-0.39, 0.29) is 25.5 Å². The van der Waals surface area contributed by atoms with Crippen LogP contribution in [0.4, 0.5) is 0 Å². The summed E-state index contributed by atoms with van der Waals surface area (Å²) in [6.07, 6.45) is 1.39. The summed E-state index contributed by atoms with van der Waals surface area (Å²) in [5.41, 5.74) is 2.51. The fourth-order valence-electron chi connectivity index (χ4n) is 3.82. The van der Waals surface area contributed by atoms with Gasteiger partial charge in [-0.05, 0) is 16.7 Å². The van der Waals surface area contributed by atoms with Crippen molar-refractivity contribution < 1.29 is 18.0 Å². The van der Waals surface area contributed by atoms with E-state index in [4.69, 9.17) is 0 Å². The second-order valence-electron chi connectivity index (χ2n) is 8.34. The summed E-state index contributed by atoms with van der Waals surface area (Å²) >= 11 is 0. The average Bonchev–Trinajstić information content (AvgIpc) is 2.86. The minimum atomic E-state index is -3.69. The van der Waals surface area contributed by atoms with E-state index in [0.717, 1.165) is 27.3 Å². The molecule has 0 aliphatic carbocycles. The zero-order valence-electron chi connectivity index (χ0n) is 20.0. The zero-order valence-corrected chi connectivity index (χ0v) is 20.8. The van der Waals surface area contributed by atoms with Crippen LogP contribution in [0.5, 0.6) is 0 Å². The quantitative estimate of drug-likeness (QED) is 0.445. The largest absolute Gasteiger partial charge is 0.357 e. The lowest BCUT2D eigenvalue weighted by molar-refractivity contribution is -0.141. The van der Waals surface area contributed by atoms with Gasteiger partial charge in [0.2, 0.25) is 21.8 Å². The molecule has 3 aromatic carbocycles. The number of nitrogens with zero attached hydrogens (tertiary/aromatic N) is 2. The molecule has 1 atom stereocenters. The molecule has 0 aliphatic rings. The first-order chi connectivity index (χ1) is 16.8. The highest BCUT2D eigenvalue weighted by molar-refractivity contribution is 7.88. The Morgan fingerprint density at radius 3 is 1.69 bits per heavy atom. The predicted octanol–water partition coefficient (Wildman–Crippen LogP) is 2.83. The van der Waals surface area contributed by atoms with Crippen molar-refractivity contribution in [3.63, 3.8) is 0 Å². The maximum Gasteiger partial charge on any atom is 0.242 e. The van der Waals surface area contributed by atoms with Gasteiger partial charge in [-0.2, -0.15) is 4.31 Å². The Morgan fingerprint density at radius 1 is 0.771 bits per heavy atom. The van der Waals surface area contributed by atoms with E-state index in [1.54, 1.807) is 0 Å². The van der Waals surface area contributed by atoms with E-state index >= 15 is 0 Å². The van der Waals surface area contributed by atoms with Crippen molar-refractivity contribution in [3.05, 3.63) is 108 Å². The molecule has 0 aliphatic heterocycles. The summed E-state index contributed by atoms with van der Waals surface area (Å²) in [6, 6.07) is 27.1. The van der Waals surface area contributed by atoms with Crippen LogP contribution in [0.25, 0.3) is 0 Å². The van der Waals surface area contributed by atoms with Crippen LogP contribution < -0.4 is 5.32 Å². The number of hydrogen-bond acceptors (Lipinski definition) is 4. The number of hydrogen-bond donors (Lipinski definition) is 1. The number of sulfonamides is 1.